The maximum atomic E-state index is 13.5. The second-order valence-corrected chi connectivity index (χ2v) is 9.31. The van der Waals surface area contributed by atoms with Gasteiger partial charge in [-0.3, -0.25) is 14.5 Å². The van der Waals surface area contributed by atoms with Crippen molar-refractivity contribution >= 4 is 23.2 Å². The van der Waals surface area contributed by atoms with Crippen molar-refractivity contribution in [1.82, 2.24) is 14.7 Å². The zero-order valence-electron chi connectivity index (χ0n) is 15.8. The van der Waals surface area contributed by atoms with Crippen LogP contribution in [0.3, 0.4) is 0 Å². The molecule has 6 heteroatoms. The maximum absolute atomic E-state index is 13.5. The quantitative estimate of drug-likeness (QED) is 0.811. The van der Waals surface area contributed by atoms with Gasteiger partial charge in [-0.05, 0) is 35.2 Å². The summed E-state index contributed by atoms with van der Waals surface area (Å²) in [5.41, 5.74) is 0.930. The first-order valence-corrected chi connectivity index (χ1v) is 10.8. The van der Waals surface area contributed by atoms with Crippen LogP contribution in [0.2, 0.25) is 0 Å². The van der Waals surface area contributed by atoms with Gasteiger partial charge in [0.25, 0.3) is 0 Å². The molecule has 3 fully saturated rings. The molecule has 26 heavy (non-hydrogen) atoms. The van der Waals surface area contributed by atoms with E-state index in [1.807, 2.05) is 18.7 Å². The van der Waals surface area contributed by atoms with Crippen molar-refractivity contribution in [3.63, 3.8) is 0 Å². The lowest BCUT2D eigenvalue weighted by atomic mass is 9.79. The van der Waals surface area contributed by atoms with Crippen molar-refractivity contribution < 1.29 is 9.59 Å². The van der Waals surface area contributed by atoms with Crippen LogP contribution in [0.1, 0.15) is 32.3 Å². The summed E-state index contributed by atoms with van der Waals surface area (Å²) in [6.07, 6.45) is 2.22. The first-order valence-electron chi connectivity index (χ1n) is 9.81. The summed E-state index contributed by atoms with van der Waals surface area (Å²) in [6.45, 7) is 9.62. The number of rotatable bonds is 4. The minimum absolute atomic E-state index is 0.00493. The van der Waals surface area contributed by atoms with Crippen LogP contribution in [0.5, 0.6) is 0 Å². The zero-order chi connectivity index (χ0) is 18.3. The molecule has 3 aliphatic heterocycles. The number of hydrogen-bond acceptors (Lipinski definition) is 4. The number of thiophene rings is 1. The average molecular weight is 376 g/mol. The number of carbonyl (C=O) groups is 2. The molecule has 0 saturated carbocycles. The van der Waals surface area contributed by atoms with Gasteiger partial charge in [-0.15, -0.1) is 0 Å². The predicted octanol–water partition coefficient (Wildman–Crippen LogP) is 2.29. The molecule has 3 aliphatic rings. The molecule has 2 amide bonds. The summed E-state index contributed by atoms with van der Waals surface area (Å²) < 4.78 is 0. The van der Waals surface area contributed by atoms with Crippen LogP contribution in [-0.2, 0) is 16.1 Å². The first-order chi connectivity index (χ1) is 12.5. The number of amides is 2. The smallest absolute Gasteiger partial charge is 0.232 e. The van der Waals surface area contributed by atoms with Gasteiger partial charge in [-0.2, -0.15) is 11.3 Å². The molecule has 1 aromatic rings. The van der Waals surface area contributed by atoms with Crippen LogP contribution >= 0.6 is 11.3 Å². The molecule has 0 unspecified atom stereocenters. The standard InChI is InChI=1S/C20H29N3O2S/c1-15(2)18(24)23-11-17-10-21(9-16-5-8-26-12-16)13-20(17,14-23)19(25)22-6-3-4-7-22/h5,8,12,15,17H,3-4,6-7,9-11,13-14H2,1-2H3/t17-,20-/m1/s1. The van der Waals surface area contributed by atoms with Crippen molar-refractivity contribution in [2.45, 2.75) is 33.2 Å². The average Bonchev–Trinajstić information content (AvgIpc) is 3.37. The summed E-state index contributed by atoms with van der Waals surface area (Å²) in [7, 11) is 0. The number of fused-ring (bicyclic) bond motifs is 1. The third-order valence-electron chi connectivity index (χ3n) is 6.29. The van der Waals surface area contributed by atoms with Gasteiger partial charge in [-0.1, -0.05) is 13.8 Å². The topological polar surface area (TPSA) is 43.9 Å². The van der Waals surface area contributed by atoms with Crippen molar-refractivity contribution in [3.05, 3.63) is 22.4 Å². The fraction of sp³-hybridized carbons (Fsp3) is 0.700. The second-order valence-electron chi connectivity index (χ2n) is 8.53. The summed E-state index contributed by atoms with van der Waals surface area (Å²) in [4.78, 5) is 32.5. The van der Waals surface area contributed by atoms with Gasteiger partial charge in [0.15, 0.2) is 0 Å². The van der Waals surface area contributed by atoms with Gasteiger partial charge in [0.05, 0.1) is 5.41 Å². The SMILES string of the molecule is CC(C)C(=O)N1C[C@H]2CN(Cc3ccsc3)C[C@@]2(C(=O)N2CCCC2)C1. The number of nitrogens with zero attached hydrogens (tertiary/aromatic N) is 3. The highest BCUT2D eigenvalue weighted by atomic mass is 32.1. The monoisotopic (exact) mass is 375 g/mol. The van der Waals surface area contributed by atoms with Crippen LogP contribution in [0.25, 0.3) is 0 Å². The van der Waals surface area contributed by atoms with Gasteiger partial charge in [-0.25, -0.2) is 0 Å². The molecule has 0 radical (unpaired) electrons. The van der Waals surface area contributed by atoms with Gasteiger partial charge in [0.2, 0.25) is 11.8 Å². The Bertz CT molecular complexity index is 669. The van der Waals surface area contributed by atoms with Gasteiger partial charge in [0.1, 0.15) is 0 Å². The van der Waals surface area contributed by atoms with E-state index in [9.17, 15) is 9.59 Å². The van der Waals surface area contributed by atoms with Crippen LogP contribution in [0.4, 0.5) is 0 Å². The molecule has 3 saturated heterocycles. The summed E-state index contributed by atoms with van der Waals surface area (Å²) in [5.74, 6) is 0.746. The van der Waals surface area contributed by atoms with E-state index >= 15 is 0 Å². The van der Waals surface area contributed by atoms with E-state index in [-0.39, 0.29) is 17.7 Å². The third-order valence-corrected chi connectivity index (χ3v) is 7.02. The predicted molar refractivity (Wildman–Crippen MR) is 103 cm³/mol. The lowest BCUT2D eigenvalue weighted by Gasteiger charge is -2.32. The largest absolute Gasteiger partial charge is 0.342 e. The minimum atomic E-state index is -0.398. The summed E-state index contributed by atoms with van der Waals surface area (Å²) >= 11 is 1.72. The molecule has 0 N–H and O–H groups in total. The van der Waals surface area contributed by atoms with E-state index in [0.29, 0.717) is 12.5 Å². The molecule has 2 atom stereocenters. The molecular weight excluding hydrogens is 346 g/mol. The molecule has 142 valence electrons. The number of likely N-dealkylation sites (tertiary alicyclic amines) is 3. The summed E-state index contributed by atoms with van der Waals surface area (Å²) in [6, 6.07) is 2.17. The first kappa shape index (κ1) is 18.0. The second kappa shape index (κ2) is 6.97. The van der Waals surface area contributed by atoms with E-state index in [1.54, 1.807) is 11.3 Å². The van der Waals surface area contributed by atoms with Crippen molar-refractivity contribution in [2.75, 3.05) is 39.3 Å². The molecule has 0 aromatic carbocycles. The van der Waals surface area contributed by atoms with E-state index in [2.05, 4.69) is 26.6 Å². The van der Waals surface area contributed by atoms with Crippen LogP contribution < -0.4 is 0 Å². The molecule has 5 nitrogen and oxygen atoms in total. The maximum Gasteiger partial charge on any atom is 0.232 e. The van der Waals surface area contributed by atoms with E-state index in [4.69, 9.17) is 0 Å². The van der Waals surface area contributed by atoms with Gasteiger partial charge < -0.3 is 9.80 Å². The fourth-order valence-electron chi connectivity index (χ4n) is 5.00. The Morgan fingerprint density at radius 1 is 1.19 bits per heavy atom. The fourth-order valence-corrected chi connectivity index (χ4v) is 5.66. The van der Waals surface area contributed by atoms with Crippen molar-refractivity contribution in [3.8, 4) is 0 Å². The van der Waals surface area contributed by atoms with Crippen LogP contribution in [0, 0.1) is 17.3 Å². The molecular formula is C20H29N3O2S. The Kier molecular flexibility index (Phi) is 4.82. The lowest BCUT2D eigenvalue weighted by Crippen LogP contribution is -2.49. The molecule has 0 aliphatic carbocycles. The van der Waals surface area contributed by atoms with Gasteiger partial charge in [0, 0.05) is 57.6 Å². The van der Waals surface area contributed by atoms with Crippen LogP contribution in [-0.4, -0.2) is 65.8 Å². The molecule has 1 aromatic heterocycles. The molecule has 4 heterocycles. The molecule has 0 spiro atoms. The normalized spacial score (nSPS) is 29.0. The Morgan fingerprint density at radius 3 is 2.62 bits per heavy atom. The Morgan fingerprint density at radius 2 is 1.96 bits per heavy atom. The zero-order valence-corrected chi connectivity index (χ0v) is 16.6. The molecule has 4 rings (SSSR count). The highest BCUT2D eigenvalue weighted by molar-refractivity contribution is 7.07. The van der Waals surface area contributed by atoms with Crippen molar-refractivity contribution in [2.24, 2.45) is 17.3 Å². The lowest BCUT2D eigenvalue weighted by molar-refractivity contribution is -0.142. The van der Waals surface area contributed by atoms with Gasteiger partial charge >= 0.3 is 0 Å². The van der Waals surface area contributed by atoms with E-state index in [0.717, 1.165) is 52.1 Å². The number of carbonyl (C=O) groups excluding carboxylic acids is 2. The Balaban J connectivity index is 1.55. The minimum Gasteiger partial charge on any atom is -0.342 e. The highest BCUT2D eigenvalue weighted by Gasteiger charge is 2.59. The molecule has 0 bridgehead atoms. The summed E-state index contributed by atoms with van der Waals surface area (Å²) in [5, 5.41) is 4.30. The van der Waals surface area contributed by atoms with Crippen LogP contribution in [0.15, 0.2) is 16.8 Å². The highest BCUT2D eigenvalue weighted by Crippen LogP contribution is 2.45. The van der Waals surface area contributed by atoms with E-state index < -0.39 is 5.41 Å². The Hall–Kier alpha value is -1.40. The van der Waals surface area contributed by atoms with E-state index in [1.165, 1.54) is 5.56 Å². The third kappa shape index (κ3) is 3.07. The Labute approximate surface area is 159 Å². The number of hydrogen-bond donors (Lipinski definition) is 0. The van der Waals surface area contributed by atoms with Crippen molar-refractivity contribution in [1.29, 1.82) is 0 Å².